The van der Waals surface area contributed by atoms with E-state index in [9.17, 15) is 9.67 Å². The van der Waals surface area contributed by atoms with Crippen molar-refractivity contribution in [3.63, 3.8) is 0 Å². The van der Waals surface area contributed by atoms with Gasteiger partial charge in [-0.15, -0.1) is 0 Å². The second kappa shape index (κ2) is 12.9. The maximum absolute atomic E-state index is 14.4. The molecule has 0 bridgehead atoms. The first-order valence-electron chi connectivity index (χ1n) is 12.6. The summed E-state index contributed by atoms with van der Waals surface area (Å²) in [6.45, 7) is 24.7. The average molecular weight is 580 g/mol. The Morgan fingerprint density at radius 1 is 0.943 bits per heavy atom. The van der Waals surface area contributed by atoms with Crippen LogP contribution in [0.15, 0.2) is 12.1 Å². The molecule has 0 saturated carbocycles. The highest BCUT2D eigenvalue weighted by Crippen LogP contribution is 2.62. The smallest absolute Gasteiger partial charge is 0.352 e. The van der Waals surface area contributed by atoms with Gasteiger partial charge in [0.2, 0.25) is 0 Å². The maximum Gasteiger partial charge on any atom is 0.352 e. The van der Waals surface area contributed by atoms with E-state index in [-0.39, 0.29) is 40.0 Å². The minimum absolute atomic E-state index is 0. The molecule has 1 aromatic carbocycles. The summed E-state index contributed by atoms with van der Waals surface area (Å²) in [7, 11) is 0.751. The first-order valence-corrected chi connectivity index (χ1v) is 14.2. The first kappa shape index (κ1) is 34.6. The van der Waals surface area contributed by atoms with Gasteiger partial charge >= 0.3 is 7.60 Å². The zero-order chi connectivity index (χ0) is 26.7. The fourth-order valence-corrected chi connectivity index (χ4v) is 6.10. The van der Waals surface area contributed by atoms with Crippen LogP contribution in [0.5, 0.6) is 5.75 Å². The van der Waals surface area contributed by atoms with E-state index >= 15 is 0 Å². The minimum Gasteiger partial charge on any atom is -1.00 e. The Morgan fingerprint density at radius 3 is 1.66 bits per heavy atom. The Labute approximate surface area is 226 Å². The number of nitrogens with one attached hydrogen (secondary N) is 1. The summed E-state index contributed by atoms with van der Waals surface area (Å²) in [6.07, 6.45) is -0.531. The Kier molecular flexibility index (Phi) is 12.7. The van der Waals surface area contributed by atoms with Crippen LogP contribution in [0, 0.1) is 0 Å². The van der Waals surface area contributed by atoms with Crippen molar-refractivity contribution in [1.82, 2.24) is 5.32 Å². The van der Waals surface area contributed by atoms with Crippen molar-refractivity contribution in [2.24, 2.45) is 0 Å². The molecule has 0 aliphatic heterocycles. The van der Waals surface area contributed by atoms with Gasteiger partial charge in [-0.1, -0.05) is 41.5 Å². The number of likely N-dealkylation sites (N-methyl/N-ethyl adjacent to an activating group) is 1. The van der Waals surface area contributed by atoms with Crippen LogP contribution in [0.4, 0.5) is 0 Å². The molecule has 35 heavy (non-hydrogen) atoms. The monoisotopic (exact) mass is 578 g/mol. The molecule has 0 spiro atoms. The number of phenols is 1. The van der Waals surface area contributed by atoms with Crippen LogP contribution in [0.25, 0.3) is 0 Å². The Morgan fingerprint density at radius 2 is 1.34 bits per heavy atom. The number of aromatic hydroxyl groups is 1. The quantitative estimate of drug-likeness (QED) is 0.309. The Balaban J connectivity index is 0.0000116. The Hall–Kier alpha value is -0.430. The van der Waals surface area contributed by atoms with Gasteiger partial charge in [0.1, 0.15) is 11.5 Å². The molecule has 0 heterocycles. The largest absolute Gasteiger partial charge is 1.00 e. The molecule has 1 atom stereocenters. The summed E-state index contributed by atoms with van der Waals surface area (Å²) in [5.41, 5.74) is 1.87. The molecule has 0 aliphatic rings. The highest BCUT2D eigenvalue weighted by molar-refractivity contribution is 7.54. The molecule has 0 aromatic heterocycles. The van der Waals surface area contributed by atoms with Crippen LogP contribution < -0.4 is 22.3 Å². The normalized spacial score (nSPS) is 14.4. The van der Waals surface area contributed by atoms with Gasteiger partial charge in [-0.3, -0.25) is 9.88 Å². The summed E-state index contributed by atoms with van der Waals surface area (Å²) in [5.74, 6) is -0.354. The van der Waals surface area contributed by atoms with Crippen molar-refractivity contribution >= 4 is 7.60 Å². The lowest BCUT2D eigenvalue weighted by atomic mass is 9.78. The fraction of sp³-hybridized carbons (Fsp3) is 0.778. The SMILES string of the molecule is CC[N+](C)(C)CCNC(c1cc(C(C)(C)C)c(O)c(C(C)(C)C)c1)P(=O)(OC(C)C)OC(C)C.[Br-]. The second-order valence-electron chi connectivity index (χ2n) is 12.6. The van der Waals surface area contributed by atoms with Crippen molar-refractivity contribution in [2.45, 2.75) is 105 Å². The van der Waals surface area contributed by atoms with Gasteiger partial charge < -0.3 is 35.6 Å². The summed E-state index contributed by atoms with van der Waals surface area (Å²) in [5, 5.41) is 14.8. The van der Waals surface area contributed by atoms with Gasteiger partial charge in [0.15, 0.2) is 0 Å². The van der Waals surface area contributed by atoms with Crippen LogP contribution in [0.2, 0.25) is 0 Å². The molecule has 6 nitrogen and oxygen atoms in total. The van der Waals surface area contributed by atoms with Crippen molar-refractivity contribution < 1.29 is 40.2 Å². The number of hydrogen-bond acceptors (Lipinski definition) is 5. The van der Waals surface area contributed by atoms with E-state index in [0.717, 1.165) is 34.3 Å². The molecular weight excluding hydrogens is 527 g/mol. The van der Waals surface area contributed by atoms with E-state index < -0.39 is 13.4 Å². The number of benzene rings is 1. The lowest BCUT2D eigenvalue weighted by Gasteiger charge is -2.35. The number of halogens is 1. The van der Waals surface area contributed by atoms with E-state index in [1.54, 1.807) is 0 Å². The molecule has 0 radical (unpaired) electrons. The number of hydrogen-bond donors (Lipinski definition) is 2. The molecule has 1 rings (SSSR count). The summed E-state index contributed by atoms with van der Waals surface area (Å²) in [4.78, 5) is 0. The third-order valence-electron chi connectivity index (χ3n) is 6.01. The van der Waals surface area contributed by atoms with Gasteiger partial charge in [-0.05, 0) is 74.3 Å². The number of nitrogens with zero attached hydrogens (tertiary/aromatic N) is 1. The predicted molar refractivity (Wildman–Crippen MR) is 144 cm³/mol. The zero-order valence-electron chi connectivity index (χ0n) is 24.5. The highest BCUT2D eigenvalue weighted by atomic mass is 79.9. The van der Waals surface area contributed by atoms with E-state index in [1.165, 1.54) is 0 Å². The summed E-state index contributed by atoms with van der Waals surface area (Å²) >= 11 is 0. The molecule has 0 amide bonds. The zero-order valence-corrected chi connectivity index (χ0v) is 26.9. The van der Waals surface area contributed by atoms with Gasteiger partial charge in [-0.25, -0.2) is 0 Å². The van der Waals surface area contributed by atoms with Crippen LogP contribution in [0.1, 0.15) is 98.6 Å². The van der Waals surface area contributed by atoms with E-state index in [4.69, 9.17) is 9.05 Å². The lowest BCUT2D eigenvalue weighted by Crippen LogP contribution is -3.00. The van der Waals surface area contributed by atoms with Crippen LogP contribution in [-0.2, 0) is 24.4 Å². The van der Waals surface area contributed by atoms with Gasteiger partial charge in [0.25, 0.3) is 0 Å². The molecule has 2 N–H and O–H groups in total. The standard InChI is InChI=1S/C27H51N2O4P.BrH/c1-14-29(12,13)16-15-28-25(34(31,32-19(2)3)33-20(4)5)21-17-22(26(6,7)8)24(30)23(18-21)27(9,10)11;/h17-20,25,28H,14-16H2,1-13H3;1H. The molecule has 206 valence electrons. The second-order valence-corrected chi connectivity index (χ2v) is 14.7. The van der Waals surface area contributed by atoms with E-state index in [2.05, 4.69) is 67.9 Å². The molecule has 1 unspecified atom stereocenters. The van der Waals surface area contributed by atoms with Crippen LogP contribution >= 0.6 is 7.60 Å². The predicted octanol–water partition coefficient (Wildman–Crippen LogP) is 3.72. The average Bonchev–Trinajstić information content (AvgIpc) is 2.62. The van der Waals surface area contributed by atoms with Crippen LogP contribution in [0.3, 0.4) is 0 Å². The maximum atomic E-state index is 14.4. The highest BCUT2D eigenvalue weighted by Gasteiger charge is 2.41. The lowest BCUT2D eigenvalue weighted by molar-refractivity contribution is -0.887. The third-order valence-corrected chi connectivity index (χ3v) is 8.55. The van der Waals surface area contributed by atoms with E-state index in [0.29, 0.717) is 12.3 Å². The number of phenolic OH excluding ortho intramolecular Hbond substituents is 1. The third kappa shape index (κ3) is 10.1. The van der Waals surface area contributed by atoms with Crippen molar-refractivity contribution in [2.75, 3.05) is 33.7 Å². The van der Waals surface area contributed by atoms with Gasteiger partial charge in [0, 0.05) is 6.54 Å². The molecular formula is C27H52BrN2O4P. The minimum atomic E-state index is -3.61. The number of rotatable bonds is 11. The molecule has 0 aliphatic carbocycles. The van der Waals surface area contributed by atoms with Crippen LogP contribution in [-0.4, -0.2) is 55.5 Å². The van der Waals surface area contributed by atoms with Gasteiger partial charge in [0.05, 0.1) is 39.4 Å². The van der Waals surface area contributed by atoms with Gasteiger partial charge in [-0.2, -0.15) is 0 Å². The summed E-state index contributed by atoms with van der Waals surface area (Å²) < 4.78 is 27.4. The Bertz CT molecular complexity index is 809. The van der Waals surface area contributed by atoms with Crippen molar-refractivity contribution in [3.8, 4) is 5.75 Å². The van der Waals surface area contributed by atoms with Crippen molar-refractivity contribution in [1.29, 1.82) is 0 Å². The van der Waals surface area contributed by atoms with Crippen molar-refractivity contribution in [3.05, 3.63) is 28.8 Å². The molecule has 0 fully saturated rings. The molecule has 1 aromatic rings. The topological polar surface area (TPSA) is 67.8 Å². The fourth-order valence-electron chi connectivity index (χ4n) is 3.77. The molecule has 8 heteroatoms. The molecule has 0 saturated heterocycles. The first-order chi connectivity index (χ1) is 15.2. The number of quaternary nitrogens is 1. The summed E-state index contributed by atoms with van der Waals surface area (Å²) in [6, 6.07) is 3.95. The van der Waals surface area contributed by atoms with E-state index in [1.807, 2.05) is 39.8 Å².